The number of rotatable bonds is 4. The first-order valence-electron chi connectivity index (χ1n) is 6.92. The van der Waals surface area contributed by atoms with Crippen LogP contribution in [0.5, 0.6) is 5.75 Å². The van der Waals surface area contributed by atoms with Gasteiger partial charge in [-0.1, -0.05) is 17.7 Å². The van der Waals surface area contributed by atoms with Crippen molar-refractivity contribution >= 4 is 23.2 Å². The Labute approximate surface area is 138 Å². The number of halogens is 1. The summed E-state index contributed by atoms with van der Waals surface area (Å²) in [5, 5.41) is 7.54. The lowest BCUT2D eigenvalue weighted by molar-refractivity contribution is 0.102. The first-order valence-corrected chi connectivity index (χ1v) is 7.29. The molecule has 0 radical (unpaired) electrons. The number of hydrogen-bond donors (Lipinski definition) is 1. The number of aromatic nitrogens is 2. The third kappa shape index (κ3) is 3.52. The first-order chi connectivity index (χ1) is 11.2. The Kier molecular flexibility index (Phi) is 4.30. The van der Waals surface area contributed by atoms with E-state index in [1.165, 1.54) is 0 Å². The third-order valence-electron chi connectivity index (χ3n) is 3.27. The Morgan fingerprint density at radius 3 is 2.65 bits per heavy atom. The molecule has 1 aromatic heterocycles. The van der Waals surface area contributed by atoms with Gasteiger partial charge in [0.05, 0.1) is 24.0 Å². The molecule has 2 aromatic carbocycles. The van der Waals surface area contributed by atoms with E-state index in [4.69, 9.17) is 16.3 Å². The van der Waals surface area contributed by atoms with Gasteiger partial charge in [0.2, 0.25) is 0 Å². The molecule has 116 valence electrons. The van der Waals surface area contributed by atoms with Gasteiger partial charge in [-0.2, -0.15) is 5.10 Å². The lowest BCUT2D eigenvalue weighted by Crippen LogP contribution is -2.11. The minimum atomic E-state index is -0.196. The van der Waals surface area contributed by atoms with Crippen molar-refractivity contribution in [1.29, 1.82) is 0 Å². The average Bonchev–Trinajstić information content (AvgIpc) is 3.02. The van der Waals surface area contributed by atoms with Gasteiger partial charge in [-0.3, -0.25) is 4.79 Å². The van der Waals surface area contributed by atoms with Crippen LogP contribution in [0.1, 0.15) is 10.4 Å². The molecule has 6 heteroatoms. The Balaban J connectivity index is 1.73. The van der Waals surface area contributed by atoms with E-state index in [2.05, 4.69) is 10.4 Å². The molecule has 0 spiro atoms. The molecule has 0 aliphatic heterocycles. The maximum atomic E-state index is 12.2. The van der Waals surface area contributed by atoms with E-state index in [9.17, 15) is 4.79 Å². The molecule has 0 unspecified atom stereocenters. The van der Waals surface area contributed by atoms with E-state index in [1.54, 1.807) is 48.5 Å². The summed E-state index contributed by atoms with van der Waals surface area (Å²) in [6.07, 6.45) is 3.28. The molecule has 3 aromatic rings. The summed E-state index contributed by atoms with van der Waals surface area (Å²) < 4.78 is 6.78. The van der Waals surface area contributed by atoms with Crippen molar-refractivity contribution in [1.82, 2.24) is 9.78 Å². The number of carbonyl (C=O) groups is 1. The van der Waals surface area contributed by atoms with Gasteiger partial charge in [0.15, 0.2) is 0 Å². The topological polar surface area (TPSA) is 56.1 Å². The standard InChI is InChI=1S/C17H14ClN3O2/c1-23-16-4-2-3-12(9-16)17(22)20-14-5-7-15(8-6-14)21-11-13(18)10-19-21/h2-11H,1H3,(H,20,22). The minimum absolute atomic E-state index is 0.196. The van der Waals surface area contributed by atoms with E-state index in [-0.39, 0.29) is 5.91 Å². The average molecular weight is 328 g/mol. The number of benzene rings is 2. The zero-order valence-corrected chi connectivity index (χ0v) is 13.1. The quantitative estimate of drug-likeness (QED) is 0.793. The zero-order valence-electron chi connectivity index (χ0n) is 12.4. The predicted octanol–water partition coefficient (Wildman–Crippen LogP) is 3.79. The smallest absolute Gasteiger partial charge is 0.255 e. The highest BCUT2D eigenvalue weighted by molar-refractivity contribution is 6.30. The number of nitrogens with zero attached hydrogens (tertiary/aromatic N) is 2. The van der Waals surface area contributed by atoms with Crippen LogP contribution in [0.15, 0.2) is 60.9 Å². The fraction of sp³-hybridized carbons (Fsp3) is 0.0588. The van der Waals surface area contributed by atoms with Crippen molar-refractivity contribution in [3.63, 3.8) is 0 Å². The van der Waals surface area contributed by atoms with Crippen LogP contribution in [0.3, 0.4) is 0 Å². The van der Waals surface area contributed by atoms with E-state index < -0.39 is 0 Å². The number of anilines is 1. The van der Waals surface area contributed by atoms with Crippen molar-refractivity contribution in [2.45, 2.75) is 0 Å². The molecule has 23 heavy (non-hydrogen) atoms. The Bertz CT molecular complexity index is 828. The maximum absolute atomic E-state index is 12.2. The van der Waals surface area contributed by atoms with E-state index >= 15 is 0 Å². The molecular formula is C17H14ClN3O2. The minimum Gasteiger partial charge on any atom is -0.497 e. The molecule has 3 rings (SSSR count). The summed E-state index contributed by atoms with van der Waals surface area (Å²) in [6, 6.07) is 14.3. The maximum Gasteiger partial charge on any atom is 0.255 e. The van der Waals surface area contributed by atoms with Gasteiger partial charge in [0, 0.05) is 17.4 Å². The van der Waals surface area contributed by atoms with Crippen LogP contribution in [0.2, 0.25) is 5.02 Å². The Morgan fingerprint density at radius 2 is 2.00 bits per heavy atom. The van der Waals surface area contributed by atoms with Crippen molar-refractivity contribution in [3.05, 3.63) is 71.5 Å². The van der Waals surface area contributed by atoms with Crippen molar-refractivity contribution in [3.8, 4) is 11.4 Å². The van der Waals surface area contributed by atoms with Crippen LogP contribution in [0.4, 0.5) is 5.69 Å². The third-order valence-corrected chi connectivity index (χ3v) is 3.47. The molecule has 0 saturated heterocycles. The molecule has 0 aliphatic rings. The lowest BCUT2D eigenvalue weighted by atomic mass is 10.2. The second kappa shape index (κ2) is 6.54. The molecule has 0 fully saturated rings. The van der Waals surface area contributed by atoms with E-state index in [1.807, 2.05) is 24.3 Å². The normalized spacial score (nSPS) is 10.3. The van der Waals surface area contributed by atoms with E-state index in [0.29, 0.717) is 22.0 Å². The molecule has 0 atom stereocenters. The molecule has 0 saturated carbocycles. The van der Waals surface area contributed by atoms with Crippen molar-refractivity contribution < 1.29 is 9.53 Å². The fourth-order valence-electron chi connectivity index (χ4n) is 2.11. The number of ether oxygens (including phenoxy) is 1. The Morgan fingerprint density at radius 1 is 1.22 bits per heavy atom. The second-order valence-electron chi connectivity index (χ2n) is 4.84. The number of carbonyl (C=O) groups excluding carboxylic acids is 1. The number of amides is 1. The summed E-state index contributed by atoms with van der Waals surface area (Å²) in [5.74, 6) is 0.447. The zero-order chi connectivity index (χ0) is 16.2. The molecule has 0 bridgehead atoms. The van der Waals surface area contributed by atoms with Crippen LogP contribution in [-0.2, 0) is 0 Å². The number of nitrogens with one attached hydrogen (secondary N) is 1. The summed E-state index contributed by atoms with van der Waals surface area (Å²) in [4.78, 5) is 12.2. The van der Waals surface area contributed by atoms with Gasteiger partial charge < -0.3 is 10.1 Å². The van der Waals surface area contributed by atoms with Crippen LogP contribution in [0, 0.1) is 0 Å². The van der Waals surface area contributed by atoms with Gasteiger partial charge in [0.1, 0.15) is 5.75 Å². The van der Waals surface area contributed by atoms with Crippen molar-refractivity contribution in [2.75, 3.05) is 12.4 Å². The summed E-state index contributed by atoms with van der Waals surface area (Å²) in [7, 11) is 1.57. The van der Waals surface area contributed by atoms with Gasteiger partial charge in [-0.25, -0.2) is 4.68 Å². The molecule has 0 aliphatic carbocycles. The molecule has 1 amide bonds. The second-order valence-corrected chi connectivity index (χ2v) is 5.27. The van der Waals surface area contributed by atoms with E-state index in [0.717, 1.165) is 5.69 Å². The van der Waals surface area contributed by atoms with Crippen molar-refractivity contribution in [2.24, 2.45) is 0 Å². The van der Waals surface area contributed by atoms with Gasteiger partial charge in [-0.15, -0.1) is 0 Å². The van der Waals surface area contributed by atoms with Crippen LogP contribution in [0.25, 0.3) is 5.69 Å². The lowest BCUT2D eigenvalue weighted by Gasteiger charge is -2.08. The monoisotopic (exact) mass is 327 g/mol. The van der Waals surface area contributed by atoms with Gasteiger partial charge >= 0.3 is 0 Å². The van der Waals surface area contributed by atoms with Crippen LogP contribution >= 0.6 is 11.6 Å². The highest BCUT2D eigenvalue weighted by atomic mass is 35.5. The highest BCUT2D eigenvalue weighted by Crippen LogP contribution is 2.17. The summed E-state index contributed by atoms with van der Waals surface area (Å²) in [5.41, 5.74) is 2.09. The van der Waals surface area contributed by atoms with Gasteiger partial charge in [0.25, 0.3) is 5.91 Å². The van der Waals surface area contributed by atoms with Crippen LogP contribution in [-0.4, -0.2) is 22.8 Å². The number of methoxy groups -OCH3 is 1. The fourth-order valence-corrected chi connectivity index (χ4v) is 2.24. The Hall–Kier alpha value is -2.79. The molecule has 1 N–H and O–H groups in total. The number of hydrogen-bond acceptors (Lipinski definition) is 3. The SMILES string of the molecule is COc1cccc(C(=O)Nc2ccc(-n3cc(Cl)cn3)cc2)c1. The first kappa shape index (κ1) is 15.1. The largest absolute Gasteiger partial charge is 0.497 e. The molecular weight excluding hydrogens is 314 g/mol. The predicted molar refractivity (Wildman–Crippen MR) is 89.5 cm³/mol. The summed E-state index contributed by atoms with van der Waals surface area (Å²) >= 11 is 5.85. The van der Waals surface area contributed by atoms with Gasteiger partial charge in [-0.05, 0) is 42.5 Å². The highest BCUT2D eigenvalue weighted by Gasteiger charge is 2.07. The summed E-state index contributed by atoms with van der Waals surface area (Å²) in [6.45, 7) is 0. The molecule has 5 nitrogen and oxygen atoms in total. The van der Waals surface area contributed by atoms with Crippen LogP contribution < -0.4 is 10.1 Å². The molecule has 1 heterocycles.